The number of benzene rings is 1. The average molecular weight is 362 g/mol. The van der Waals surface area contributed by atoms with Crippen LogP contribution in [0.25, 0.3) is 0 Å². The molecular weight excluding hydrogens is 343 g/mol. The number of hydrogen-bond donors (Lipinski definition) is 0. The quantitative estimate of drug-likeness (QED) is 0.760. The maximum Gasteiger partial charge on any atom is 0.328 e. The molecule has 0 bridgehead atoms. The van der Waals surface area contributed by atoms with Gasteiger partial charge in [0.2, 0.25) is 0 Å². The van der Waals surface area contributed by atoms with Gasteiger partial charge in [-0.2, -0.15) is 0 Å². The van der Waals surface area contributed by atoms with Gasteiger partial charge in [-0.15, -0.1) is 0 Å². The van der Waals surface area contributed by atoms with E-state index in [-0.39, 0.29) is 12.3 Å². The molecule has 0 radical (unpaired) electrons. The van der Waals surface area contributed by atoms with Crippen molar-refractivity contribution in [1.29, 1.82) is 0 Å². The molecule has 8 heteroatoms. The van der Waals surface area contributed by atoms with E-state index in [1.807, 2.05) is 0 Å². The van der Waals surface area contributed by atoms with Crippen LogP contribution in [0.3, 0.4) is 0 Å². The Morgan fingerprint density at radius 1 is 1.42 bits per heavy atom. The number of methoxy groups -OCH3 is 1. The predicted octanol–water partition coefficient (Wildman–Crippen LogP) is 2.48. The third-order valence-corrected chi connectivity index (χ3v) is 4.35. The molecule has 1 saturated heterocycles. The van der Waals surface area contributed by atoms with Gasteiger partial charge < -0.3 is 18.9 Å². The first kappa shape index (κ1) is 17.9. The van der Waals surface area contributed by atoms with E-state index in [0.717, 1.165) is 0 Å². The molecule has 1 aliphatic rings. The molecule has 1 aromatic heterocycles. The van der Waals surface area contributed by atoms with Crippen LogP contribution < -0.4 is 4.74 Å². The Labute approximate surface area is 149 Å². The summed E-state index contributed by atoms with van der Waals surface area (Å²) in [6, 6.07) is 5.08. The summed E-state index contributed by atoms with van der Waals surface area (Å²) in [5.41, 5.74) is 0.560. The van der Waals surface area contributed by atoms with Crippen molar-refractivity contribution < 1.29 is 28.0 Å². The number of aryl methyl sites for hydroxylation is 1. The van der Waals surface area contributed by atoms with Crippen molar-refractivity contribution >= 4 is 11.9 Å². The first-order valence-corrected chi connectivity index (χ1v) is 8.23. The lowest BCUT2D eigenvalue weighted by Gasteiger charge is -2.21. The fourth-order valence-corrected chi connectivity index (χ4v) is 2.97. The number of aromatic nitrogens is 1. The Balaban J connectivity index is 1.78. The van der Waals surface area contributed by atoms with E-state index < -0.39 is 23.7 Å². The Hall–Kier alpha value is -2.90. The zero-order valence-corrected chi connectivity index (χ0v) is 14.5. The number of nitrogens with zero attached hydrogens (tertiary/aromatic N) is 2. The summed E-state index contributed by atoms with van der Waals surface area (Å²) >= 11 is 0. The molecule has 26 heavy (non-hydrogen) atoms. The van der Waals surface area contributed by atoms with Crippen LogP contribution in [0.15, 0.2) is 28.8 Å². The van der Waals surface area contributed by atoms with E-state index in [1.165, 1.54) is 30.2 Å². The number of carbonyl (C=O) groups excluding carboxylic acids is 2. The highest BCUT2D eigenvalue weighted by molar-refractivity contribution is 5.96. The third-order valence-electron chi connectivity index (χ3n) is 4.35. The molecule has 1 fully saturated rings. The van der Waals surface area contributed by atoms with E-state index in [0.29, 0.717) is 36.5 Å². The van der Waals surface area contributed by atoms with Gasteiger partial charge in [0.1, 0.15) is 30.0 Å². The van der Waals surface area contributed by atoms with Gasteiger partial charge in [-0.25, -0.2) is 9.18 Å². The molecule has 3 rings (SSSR count). The summed E-state index contributed by atoms with van der Waals surface area (Å²) in [6.07, 6.45) is 1.25. The molecule has 7 nitrogen and oxygen atoms in total. The van der Waals surface area contributed by atoms with Crippen molar-refractivity contribution in [3.8, 4) is 5.75 Å². The van der Waals surface area contributed by atoms with Crippen LogP contribution in [-0.2, 0) is 16.1 Å². The Kier molecular flexibility index (Phi) is 5.20. The lowest BCUT2D eigenvalue weighted by atomic mass is 10.1. The van der Waals surface area contributed by atoms with Crippen molar-refractivity contribution in [1.82, 2.24) is 10.1 Å². The lowest BCUT2D eigenvalue weighted by molar-refractivity contribution is -0.145. The lowest BCUT2D eigenvalue weighted by Crippen LogP contribution is -2.41. The van der Waals surface area contributed by atoms with Gasteiger partial charge in [0.05, 0.1) is 12.7 Å². The van der Waals surface area contributed by atoms with E-state index >= 15 is 0 Å². The number of ether oxygens (including phenoxy) is 2. The van der Waals surface area contributed by atoms with Gasteiger partial charge >= 0.3 is 5.97 Å². The summed E-state index contributed by atoms with van der Waals surface area (Å²) in [5.74, 6) is -0.517. The molecule has 1 aromatic carbocycles. The van der Waals surface area contributed by atoms with Crippen LogP contribution in [0.5, 0.6) is 5.75 Å². The minimum absolute atomic E-state index is 0.00338. The zero-order valence-electron chi connectivity index (χ0n) is 14.5. The number of carbonyl (C=O) groups is 2. The van der Waals surface area contributed by atoms with E-state index in [2.05, 4.69) is 5.16 Å². The smallest absolute Gasteiger partial charge is 0.328 e. The fraction of sp³-hybridized carbons (Fsp3) is 0.389. The molecule has 1 aliphatic heterocycles. The van der Waals surface area contributed by atoms with E-state index in [9.17, 15) is 14.0 Å². The highest BCUT2D eigenvalue weighted by Crippen LogP contribution is 2.24. The van der Waals surface area contributed by atoms with Crippen LogP contribution in [-0.4, -0.2) is 41.6 Å². The van der Waals surface area contributed by atoms with Crippen LogP contribution >= 0.6 is 0 Å². The van der Waals surface area contributed by atoms with E-state index in [4.69, 9.17) is 14.0 Å². The predicted molar refractivity (Wildman–Crippen MR) is 88.0 cm³/mol. The SMILES string of the molecule is COC(=O)C1CCCN1C(=O)c1noc(C)c1COc1cccc(F)c1. The van der Waals surface area contributed by atoms with Crippen molar-refractivity contribution in [3.63, 3.8) is 0 Å². The first-order chi connectivity index (χ1) is 12.5. The Morgan fingerprint density at radius 3 is 2.96 bits per heavy atom. The van der Waals surface area contributed by atoms with Gasteiger partial charge in [0.25, 0.3) is 5.91 Å². The molecule has 0 spiro atoms. The normalized spacial score (nSPS) is 16.6. The number of halogens is 1. The molecule has 0 N–H and O–H groups in total. The van der Waals surface area contributed by atoms with Gasteiger partial charge in [0.15, 0.2) is 5.69 Å². The highest BCUT2D eigenvalue weighted by atomic mass is 19.1. The van der Waals surface area contributed by atoms with Crippen molar-refractivity contribution in [2.24, 2.45) is 0 Å². The minimum atomic E-state index is -0.624. The summed E-state index contributed by atoms with van der Waals surface area (Å²) in [5, 5.41) is 3.84. The van der Waals surface area contributed by atoms with E-state index in [1.54, 1.807) is 13.0 Å². The number of hydrogen-bond acceptors (Lipinski definition) is 6. The topological polar surface area (TPSA) is 81.9 Å². The first-order valence-electron chi connectivity index (χ1n) is 8.23. The number of amides is 1. The molecule has 1 atom stereocenters. The van der Waals surface area contributed by atoms with Gasteiger partial charge in [-0.3, -0.25) is 4.79 Å². The number of likely N-dealkylation sites (tertiary alicyclic amines) is 1. The molecule has 1 unspecified atom stereocenters. The maximum atomic E-state index is 13.3. The zero-order chi connectivity index (χ0) is 18.7. The Bertz CT molecular complexity index is 820. The fourth-order valence-electron chi connectivity index (χ4n) is 2.97. The molecule has 138 valence electrons. The molecular formula is C18H19FN2O5. The minimum Gasteiger partial charge on any atom is -0.489 e. The van der Waals surface area contributed by atoms with Crippen molar-refractivity contribution in [2.75, 3.05) is 13.7 Å². The molecule has 2 aromatic rings. The van der Waals surface area contributed by atoms with Gasteiger partial charge in [-0.1, -0.05) is 11.2 Å². The van der Waals surface area contributed by atoms with Crippen LogP contribution in [0.2, 0.25) is 0 Å². The Morgan fingerprint density at radius 2 is 2.23 bits per heavy atom. The van der Waals surface area contributed by atoms with Crippen molar-refractivity contribution in [2.45, 2.75) is 32.4 Å². The van der Waals surface area contributed by atoms with Crippen molar-refractivity contribution in [3.05, 3.63) is 47.1 Å². The average Bonchev–Trinajstić information content (AvgIpc) is 3.26. The molecule has 1 amide bonds. The summed E-state index contributed by atoms with van der Waals surface area (Å²) in [6.45, 7) is 2.10. The summed E-state index contributed by atoms with van der Waals surface area (Å²) < 4.78 is 28.7. The maximum absolute atomic E-state index is 13.3. The number of esters is 1. The highest BCUT2D eigenvalue weighted by Gasteiger charge is 2.37. The second kappa shape index (κ2) is 7.55. The molecule has 2 heterocycles. The largest absolute Gasteiger partial charge is 0.489 e. The van der Waals surface area contributed by atoms with Crippen LogP contribution in [0.1, 0.15) is 34.7 Å². The summed E-state index contributed by atoms with van der Waals surface area (Å²) in [7, 11) is 1.29. The summed E-state index contributed by atoms with van der Waals surface area (Å²) in [4.78, 5) is 26.2. The standard InChI is InChI=1S/C18H19FN2O5/c1-11-14(10-25-13-6-3-5-12(19)9-13)16(20-26-11)17(22)21-8-4-7-15(21)18(23)24-2/h3,5-6,9,15H,4,7-8,10H2,1-2H3. The number of rotatable bonds is 5. The monoisotopic (exact) mass is 362 g/mol. The third kappa shape index (κ3) is 3.54. The van der Waals surface area contributed by atoms with Crippen LogP contribution in [0.4, 0.5) is 4.39 Å². The molecule has 0 aliphatic carbocycles. The molecule has 0 saturated carbocycles. The second-order valence-corrected chi connectivity index (χ2v) is 5.99. The second-order valence-electron chi connectivity index (χ2n) is 5.99. The van der Waals surface area contributed by atoms with Crippen LogP contribution in [0, 0.1) is 12.7 Å². The van der Waals surface area contributed by atoms with Gasteiger partial charge in [-0.05, 0) is 31.9 Å². The van der Waals surface area contributed by atoms with Gasteiger partial charge in [0, 0.05) is 12.6 Å².